The quantitative estimate of drug-likeness (QED) is 0.629. The van der Waals surface area contributed by atoms with Gasteiger partial charge in [-0.15, -0.1) is 0 Å². The predicted molar refractivity (Wildman–Crippen MR) is 64.4 cm³/mol. The molecule has 2 rings (SSSR count). The predicted octanol–water partition coefficient (Wildman–Crippen LogP) is 2.68. The molecule has 0 radical (unpaired) electrons. The number of aromatic amines is 1. The molecule has 0 saturated heterocycles. The third-order valence-electron chi connectivity index (χ3n) is 2.38. The van der Waals surface area contributed by atoms with E-state index >= 15 is 0 Å². The van der Waals surface area contributed by atoms with Gasteiger partial charge in [-0.1, -0.05) is 18.2 Å². The van der Waals surface area contributed by atoms with Crippen molar-refractivity contribution in [3.8, 4) is 0 Å². The molecule has 1 aromatic carbocycles. The first-order valence-electron chi connectivity index (χ1n) is 5.11. The van der Waals surface area contributed by atoms with Crippen molar-refractivity contribution in [2.75, 3.05) is 5.32 Å². The summed E-state index contributed by atoms with van der Waals surface area (Å²) in [4.78, 5) is 17.0. The van der Waals surface area contributed by atoms with Gasteiger partial charge in [0, 0.05) is 12.6 Å². The lowest BCUT2D eigenvalue weighted by Crippen LogP contribution is -1.97. The zero-order valence-corrected chi connectivity index (χ0v) is 9.52. The number of para-hydroxylation sites is 1. The summed E-state index contributed by atoms with van der Waals surface area (Å²) in [6.07, 6.45) is 0. The minimum atomic E-state index is -0.486. The minimum Gasteiger partial charge on any atom is -0.358 e. The highest BCUT2D eigenvalue weighted by Gasteiger charge is 2.18. The molecule has 2 N–H and O–H groups in total. The van der Waals surface area contributed by atoms with Gasteiger partial charge in [0.15, 0.2) is 5.82 Å². The normalized spacial score (nSPS) is 10.2. The Balaban J connectivity index is 2.36. The summed E-state index contributed by atoms with van der Waals surface area (Å²) in [5.41, 5.74) is 1.81. The van der Waals surface area contributed by atoms with Crippen LogP contribution in [0.1, 0.15) is 11.4 Å². The highest BCUT2D eigenvalue weighted by molar-refractivity contribution is 5.65. The number of aromatic nitrogens is 2. The average molecular weight is 232 g/mol. The van der Waals surface area contributed by atoms with Gasteiger partial charge in [-0.05, 0) is 23.5 Å². The number of nitro groups is 1. The van der Waals surface area contributed by atoms with Crippen LogP contribution in [0, 0.1) is 24.0 Å². The lowest BCUT2D eigenvalue weighted by atomic mass is 10.2. The Morgan fingerprint density at radius 1 is 1.35 bits per heavy atom. The summed E-state index contributed by atoms with van der Waals surface area (Å²) < 4.78 is 0. The van der Waals surface area contributed by atoms with E-state index in [2.05, 4.69) is 15.3 Å². The van der Waals surface area contributed by atoms with Crippen LogP contribution in [-0.4, -0.2) is 14.9 Å². The molecule has 1 heterocycles. The molecule has 0 fully saturated rings. The van der Waals surface area contributed by atoms with Crippen molar-refractivity contribution in [2.45, 2.75) is 13.8 Å². The van der Waals surface area contributed by atoms with Gasteiger partial charge in [0.2, 0.25) is 5.82 Å². The van der Waals surface area contributed by atoms with Gasteiger partial charge in [-0.25, -0.2) is 4.98 Å². The average Bonchev–Trinajstić information content (AvgIpc) is 2.63. The number of nitrogens with zero attached hydrogens (tertiary/aromatic N) is 2. The molecule has 6 nitrogen and oxygen atoms in total. The van der Waals surface area contributed by atoms with Gasteiger partial charge in [0.25, 0.3) is 0 Å². The molecule has 0 aliphatic rings. The molecule has 0 aliphatic heterocycles. The Kier molecular flexibility index (Phi) is 2.78. The molecule has 0 spiro atoms. The number of imidazole rings is 1. The highest BCUT2D eigenvalue weighted by atomic mass is 16.6. The molecule has 0 amide bonds. The fraction of sp³-hybridized carbons (Fsp3) is 0.182. The van der Waals surface area contributed by atoms with Crippen molar-refractivity contribution in [1.82, 2.24) is 9.97 Å². The van der Waals surface area contributed by atoms with Gasteiger partial charge in [0.05, 0.1) is 0 Å². The number of aryl methyl sites for hydroxylation is 2. The number of hydrogen-bond donors (Lipinski definition) is 2. The molecule has 0 bridgehead atoms. The number of H-pyrrole nitrogens is 1. The van der Waals surface area contributed by atoms with Crippen LogP contribution in [0.4, 0.5) is 17.3 Å². The Morgan fingerprint density at radius 3 is 2.71 bits per heavy atom. The standard InChI is InChI=1S/C11H12N4O2/c1-7-5-3-4-6-9(7)14-10-11(15(16)17)13-8(2)12-10/h3-6,14H,1-2H3,(H,12,13). The van der Waals surface area contributed by atoms with Crippen LogP contribution in [0.25, 0.3) is 0 Å². The SMILES string of the molecule is Cc1nc(Nc2ccccc2C)c([N+](=O)[O-])[nH]1. The molecule has 0 aliphatic carbocycles. The smallest absolute Gasteiger partial charge is 0.358 e. The Labute approximate surface area is 97.9 Å². The second-order valence-electron chi connectivity index (χ2n) is 3.72. The molecule has 0 saturated carbocycles. The number of hydrogen-bond acceptors (Lipinski definition) is 4. The molecule has 2 aromatic rings. The van der Waals surface area contributed by atoms with Gasteiger partial charge < -0.3 is 15.4 Å². The van der Waals surface area contributed by atoms with E-state index in [0.29, 0.717) is 5.82 Å². The van der Waals surface area contributed by atoms with Crippen molar-refractivity contribution >= 4 is 17.3 Å². The number of anilines is 2. The van der Waals surface area contributed by atoms with E-state index in [-0.39, 0.29) is 11.6 Å². The summed E-state index contributed by atoms with van der Waals surface area (Å²) in [7, 11) is 0. The van der Waals surface area contributed by atoms with E-state index < -0.39 is 4.92 Å². The fourth-order valence-corrected chi connectivity index (χ4v) is 1.54. The van der Waals surface area contributed by atoms with Crippen LogP contribution in [0.3, 0.4) is 0 Å². The van der Waals surface area contributed by atoms with E-state index in [4.69, 9.17) is 0 Å². The molecule has 0 atom stereocenters. The lowest BCUT2D eigenvalue weighted by molar-refractivity contribution is -0.388. The Hall–Kier alpha value is -2.37. The van der Waals surface area contributed by atoms with Crippen molar-refractivity contribution < 1.29 is 4.92 Å². The molecule has 0 unspecified atom stereocenters. The Morgan fingerprint density at radius 2 is 2.06 bits per heavy atom. The van der Waals surface area contributed by atoms with Crippen LogP contribution in [0.2, 0.25) is 0 Å². The molecule has 6 heteroatoms. The van der Waals surface area contributed by atoms with Crippen molar-refractivity contribution in [2.24, 2.45) is 0 Å². The molecular weight excluding hydrogens is 220 g/mol. The van der Waals surface area contributed by atoms with Crippen LogP contribution in [-0.2, 0) is 0 Å². The maximum Gasteiger partial charge on any atom is 0.365 e. The Bertz CT molecular complexity index is 562. The first-order chi connectivity index (χ1) is 8.08. The van der Waals surface area contributed by atoms with Crippen LogP contribution in [0.15, 0.2) is 24.3 Å². The summed E-state index contributed by atoms with van der Waals surface area (Å²) in [6.45, 7) is 3.60. The van der Waals surface area contributed by atoms with Crippen molar-refractivity contribution in [1.29, 1.82) is 0 Å². The second kappa shape index (κ2) is 4.25. The number of nitrogens with one attached hydrogen (secondary N) is 2. The van der Waals surface area contributed by atoms with Gasteiger partial charge >= 0.3 is 5.82 Å². The first kappa shape index (κ1) is 11.1. The van der Waals surface area contributed by atoms with Gasteiger partial charge in [-0.2, -0.15) is 4.98 Å². The maximum atomic E-state index is 10.8. The maximum absolute atomic E-state index is 10.8. The summed E-state index contributed by atoms with van der Waals surface area (Å²) in [5.74, 6) is 0.625. The summed E-state index contributed by atoms with van der Waals surface area (Å²) in [5, 5.41) is 13.8. The third kappa shape index (κ3) is 2.25. The number of rotatable bonds is 3. The third-order valence-corrected chi connectivity index (χ3v) is 2.38. The van der Waals surface area contributed by atoms with E-state index in [9.17, 15) is 10.1 Å². The molecular formula is C11H12N4O2. The lowest BCUT2D eigenvalue weighted by Gasteiger charge is -2.05. The van der Waals surface area contributed by atoms with Gasteiger partial charge in [-0.3, -0.25) is 0 Å². The van der Waals surface area contributed by atoms with Crippen molar-refractivity contribution in [3.63, 3.8) is 0 Å². The monoisotopic (exact) mass is 232 g/mol. The largest absolute Gasteiger partial charge is 0.365 e. The highest BCUT2D eigenvalue weighted by Crippen LogP contribution is 2.26. The van der Waals surface area contributed by atoms with Gasteiger partial charge in [0.1, 0.15) is 0 Å². The van der Waals surface area contributed by atoms with E-state index in [1.807, 2.05) is 31.2 Å². The molecule has 1 aromatic heterocycles. The first-order valence-corrected chi connectivity index (χ1v) is 5.11. The summed E-state index contributed by atoms with van der Waals surface area (Å²) >= 11 is 0. The minimum absolute atomic E-state index is 0.120. The molecule has 17 heavy (non-hydrogen) atoms. The fourth-order valence-electron chi connectivity index (χ4n) is 1.54. The topological polar surface area (TPSA) is 83.8 Å². The van der Waals surface area contributed by atoms with Crippen molar-refractivity contribution in [3.05, 3.63) is 45.8 Å². The second-order valence-corrected chi connectivity index (χ2v) is 3.72. The molecule has 88 valence electrons. The van der Waals surface area contributed by atoms with Crippen LogP contribution in [0.5, 0.6) is 0 Å². The zero-order chi connectivity index (χ0) is 12.4. The van der Waals surface area contributed by atoms with E-state index in [1.54, 1.807) is 6.92 Å². The van der Waals surface area contributed by atoms with Crippen LogP contribution < -0.4 is 5.32 Å². The summed E-state index contributed by atoms with van der Waals surface area (Å²) in [6, 6.07) is 7.54. The van der Waals surface area contributed by atoms with Crippen LogP contribution >= 0.6 is 0 Å². The van der Waals surface area contributed by atoms with E-state index in [0.717, 1.165) is 11.3 Å². The zero-order valence-electron chi connectivity index (χ0n) is 9.52. The van der Waals surface area contributed by atoms with E-state index in [1.165, 1.54) is 0 Å². The number of benzene rings is 1.